The Hall–Kier alpha value is -1.35. The number of carbonyl (C=O) groups excluding carboxylic acids is 1. The lowest BCUT2D eigenvalue weighted by molar-refractivity contribution is -0.116. The molecule has 1 heterocycles. The number of amides is 1. The third kappa shape index (κ3) is 3.57. The van der Waals surface area contributed by atoms with Gasteiger partial charge in [-0.25, -0.2) is 0 Å². The zero-order chi connectivity index (χ0) is 12.8. The first-order valence-electron chi connectivity index (χ1n) is 6.89. The van der Waals surface area contributed by atoms with Crippen LogP contribution in [0, 0.1) is 0 Å². The largest absolute Gasteiger partial charge is 0.326 e. The molecule has 2 rings (SSSR count). The number of hydrogen-bond donors (Lipinski definition) is 1. The lowest BCUT2D eigenvalue weighted by Gasteiger charge is -2.14. The molecule has 0 atom stereocenters. The van der Waals surface area contributed by atoms with Gasteiger partial charge in [-0.15, -0.1) is 0 Å². The maximum absolute atomic E-state index is 11.9. The summed E-state index contributed by atoms with van der Waals surface area (Å²) in [4.78, 5) is 14.3. The summed E-state index contributed by atoms with van der Waals surface area (Å²) in [5.74, 6) is 0.128. The van der Waals surface area contributed by atoms with Gasteiger partial charge in [0.1, 0.15) is 0 Å². The SMILES string of the molecule is CCc1ccccc1NC(=O)CCN1CCCC1. The Kier molecular flexibility index (Phi) is 4.76. The number of aryl methyl sites for hydroxylation is 1. The van der Waals surface area contributed by atoms with Gasteiger partial charge in [0.25, 0.3) is 0 Å². The molecule has 3 heteroatoms. The standard InChI is InChI=1S/C15H22N2O/c1-2-13-7-3-4-8-14(13)16-15(18)9-12-17-10-5-6-11-17/h3-4,7-8H,2,5-6,9-12H2,1H3,(H,16,18). The third-order valence-electron chi connectivity index (χ3n) is 3.53. The van der Waals surface area contributed by atoms with Crippen LogP contribution in [0.25, 0.3) is 0 Å². The highest BCUT2D eigenvalue weighted by Crippen LogP contribution is 2.16. The molecule has 0 aromatic heterocycles. The van der Waals surface area contributed by atoms with Crippen molar-refractivity contribution in [3.05, 3.63) is 29.8 Å². The van der Waals surface area contributed by atoms with Gasteiger partial charge in [-0.3, -0.25) is 4.79 Å². The number of carbonyl (C=O) groups is 1. The third-order valence-corrected chi connectivity index (χ3v) is 3.53. The smallest absolute Gasteiger partial charge is 0.225 e. The Balaban J connectivity index is 1.82. The minimum atomic E-state index is 0.128. The minimum Gasteiger partial charge on any atom is -0.326 e. The van der Waals surface area contributed by atoms with Gasteiger partial charge in [0.05, 0.1) is 0 Å². The Labute approximate surface area is 109 Å². The van der Waals surface area contributed by atoms with Gasteiger partial charge in [0.15, 0.2) is 0 Å². The van der Waals surface area contributed by atoms with Crippen LogP contribution < -0.4 is 5.32 Å². The fourth-order valence-corrected chi connectivity index (χ4v) is 2.43. The van der Waals surface area contributed by atoms with Crippen molar-refractivity contribution in [1.82, 2.24) is 4.90 Å². The van der Waals surface area contributed by atoms with Gasteiger partial charge in [-0.1, -0.05) is 25.1 Å². The van der Waals surface area contributed by atoms with Crippen LogP contribution in [-0.4, -0.2) is 30.4 Å². The van der Waals surface area contributed by atoms with Crippen LogP contribution in [0.4, 0.5) is 5.69 Å². The van der Waals surface area contributed by atoms with Crippen LogP contribution in [0.2, 0.25) is 0 Å². The van der Waals surface area contributed by atoms with Gasteiger partial charge in [-0.2, -0.15) is 0 Å². The monoisotopic (exact) mass is 246 g/mol. The van der Waals surface area contributed by atoms with Gasteiger partial charge >= 0.3 is 0 Å². The van der Waals surface area contributed by atoms with E-state index in [9.17, 15) is 4.79 Å². The van der Waals surface area contributed by atoms with Crippen LogP contribution in [0.1, 0.15) is 31.7 Å². The molecule has 1 aromatic rings. The van der Waals surface area contributed by atoms with Crippen molar-refractivity contribution in [2.24, 2.45) is 0 Å². The van der Waals surface area contributed by atoms with Gasteiger partial charge in [-0.05, 0) is 44.0 Å². The molecule has 0 radical (unpaired) electrons. The summed E-state index contributed by atoms with van der Waals surface area (Å²) >= 11 is 0. The molecule has 3 nitrogen and oxygen atoms in total. The maximum atomic E-state index is 11.9. The molecule has 1 aliphatic rings. The van der Waals surface area contributed by atoms with E-state index in [-0.39, 0.29) is 5.91 Å². The molecular weight excluding hydrogens is 224 g/mol. The number of benzene rings is 1. The van der Waals surface area contributed by atoms with Crippen LogP contribution >= 0.6 is 0 Å². The molecule has 1 aliphatic heterocycles. The molecule has 0 saturated carbocycles. The fraction of sp³-hybridized carbons (Fsp3) is 0.533. The predicted molar refractivity (Wildman–Crippen MR) is 74.7 cm³/mol. The van der Waals surface area contributed by atoms with Gasteiger partial charge in [0.2, 0.25) is 5.91 Å². The van der Waals surface area contributed by atoms with Crippen molar-refractivity contribution < 1.29 is 4.79 Å². The molecule has 0 unspecified atom stereocenters. The van der Waals surface area contributed by atoms with Gasteiger partial charge in [0, 0.05) is 18.7 Å². The average Bonchev–Trinajstić information content (AvgIpc) is 2.90. The molecule has 98 valence electrons. The maximum Gasteiger partial charge on any atom is 0.225 e. The topological polar surface area (TPSA) is 32.3 Å². The second-order valence-electron chi connectivity index (χ2n) is 4.86. The molecule has 1 amide bonds. The second-order valence-corrected chi connectivity index (χ2v) is 4.86. The van der Waals surface area contributed by atoms with Gasteiger partial charge < -0.3 is 10.2 Å². The Bertz CT molecular complexity index is 397. The summed E-state index contributed by atoms with van der Waals surface area (Å²) in [6.07, 6.45) is 4.10. The zero-order valence-corrected chi connectivity index (χ0v) is 11.1. The van der Waals surface area contributed by atoms with E-state index in [1.54, 1.807) is 0 Å². The van der Waals surface area contributed by atoms with Crippen LogP contribution in [0.5, 0.6) is 0 Å². The molecule has 0 aliphatic carbocycles. The highest BCUT2D eigenvalue weighted by molar-refractivity contribution is 5.91. The van der Waals surface area contributed by atoms with E-state index in [0.29, 0.717) is 6.42 Å². The lowest BCUT2D eigenvalue weighted by atomic mass is 10.1. The van der Waals surface area contributed by atoms with E-state index in [4.69, 9.17) is 0 Å². The van der Waals surface area contributed by atoms with E-state index >= 15 is 0 Å². The summed E-state index contributed by atoms with van der Waals surface area (Å²) < 4.78 is 0. The van der Waals surface area contributed by atoms with Crippen molar-refractivity contribution >= 4 is 11.6 Å². The Morgan fingerprint density at radius 2 is 2.00 bits per heavy atom. The van der Waals surface area contributed by atoms with Crippen molar-refractivity contribution in [1.29, 1.82) is 0 Å². The molecule has 0 spiro atoms. The van der Waals surface area contributed by atoms with E-state index in [1.165, 1.54) is 18.4 Å². The number of nitrogens with zero attached hydrogens (tertiary/aromatic N) is 1. The predicted octanol–water partition coefficient (Wildman–Crippen LogP) is 2.67. The molecule has 1 saturated heterocycles. The average molecular weight is 246 g/mol. The normalized spacial score (nSPS) is 15.8. The minimum absolute atomic E-state index is 0.128. The summed E-state index contributed by atoms with van der Waals surface area (Å²) in [7, 11) is 0. The van der Waals surface area contributed by atoms with E-state index in [2.05, 4.69) is 23.2 Å². The molecule has 18 heavy (non-hydrogen) atoms. The first kappa shape index (κ1) is 13.1. The zero-order valence-electron chi connectivity index (χ0n) is 11.1. The molecular formula is C15H22N2O. The van der Waals surface area contributed by atoms with E-state index in [0.717, 1.165) is 31.7 Å². The Morgan fingerprint density at radius 3 is 2.72 bits per heavy atom. The van der Waals surface area contributed by atoms with Crippen molar-refractivity contribution in [3.8, 4) is 0 Å². The highest BCUT2D eigenvalue weighted by Gasteiger charge is 2.13. The number of rotatable bonds is 5. The van der Waals surface area contributed by atoms with Crippen LogP contribution in [-0.2, 0) is 11.2 Å². The number of hydrogen-bond acceptors (Lipinski definition) is 2. The van der Waals surface area contributed by atoms with Crippen LogP contribution in [0.3, 0.4) is 0 Å². The van der Waals surface area contributed by atoms with Crippen molar-refractivity contribution in [2.75, 3.05) is 25.0 Å². The summed E-state index contributed by atoms with van der Waals surface area (Å²) in [5, 5.41) is 3.02. The molecule has 0 bridgehead atoms. The second kappa shape index (κ2) is 6.55. The highest BCUT2D eigenvalue weighted by atomic mass is 16.1. The first-order valence-corrected chi connectivity index (χ1v) is 6.89. The number of anilines is 1. The fourth-order valence-electron chi connectivity index (χ4n) is 2.43. The van der Waals surface area contributed by atoms with E-state index < -0.39 is 0 Å². The summed E-state index contributed by atoms with van der Waals surface area (Å²) in [5.41, 5.74) is 2.17. The number of likely N-dealkylation sites (tertiary alicyclic amines) is 1. The molecule has 1 aromatic carbocycles. The number of para-hydroxylation sites is 1. The first-order chi connectivity index (χ1) is 8.79. The van der Waals surface area contributed by atoms with Crippen LogP contribution in [0.15, 0.2) is 24.3 Å². The number of nitrogens with one attached hydrogen (secondary N) is 1. The lowest BCUT2D eigenvalue weighted by Crippen LogP contribution is -2.25. The van der Waals surface area contributed by atoms with E-state index in [1.807, 2.05) is 18.2 Å². The molecule has 1 N–H and O–H groups in total. The van der Waals surface area contributed by atoms with Crippen molar-refractivity contribution in [2.45, 2.75) is 32.6 Å². The molecule has 1 fully saturated rings. The summed E-state index contributed by atoms with van der Waals surface area (Å²) in [6, 6.07) is 8.02. The summed E-state index contributed by atoms with van der Waals surface area (Å²) in [6.45, 7) is 5.30. The quantitative estimate of drug-likeness (QED) is 0.866. The van der Waals surface area contributed by atoms with Crippen molar-refractivity contribution in [3.63, 3.8) is 0 Å². The Morgan fingerprint density at radius 1 is 1.28 bits per heavy atom.